The molecule has 0 saturated carbocycles. The van der Waals surface area contributed by atoms with E-state index in [9.17, 15) is 0 Å². The second-order valence-electron chi connectivity index (χ2n) is 3.97. The predicted octanol–water partition coefficient (Wildman–Crippen LogP) is 4.71. The van der Waals surface area contributed by atoms with Gasteiger partial charge in [-0.25, -0.2) is 0 Å². The molecule has 1 heterocycles. The van der Waals surface area contributed by atoms with E-state index in [1.165, 1.54) is 16.0 Å². The number of halogens is 2. The van der Waals surface area contributed by atoms with Crippen LogP contribution in [-0.2, 0) is 6.42 Å². The van der Waals surface area contributed by atoms with Crippen molar-refractivity contribution < 1.29 is 0 Å². The van der Waals surface area contributed by atoms with Crippen molar-refractivity contribution in [3.8, 4) is 0 Å². The van der Waals surface area contributed by atoms with Crippen LogP contribution in [0.25, 0.3) is 0 Å². The maximum atomic E-state index is 6.25. The van der Waals surface area contributed by atoms with Crippen molar-refractivity contribution in [1.29, 1.82) is 0 Å². The highest BCUT2D eigenvalue weighted by molar-refractivity contribution is 9.10. The first-order chi connectivity index (χ1) is 8.08. The van der Waals surface area contributed by atoms with Gasteiger partial charge in [0.2, 0.25) is 0 Å². The van der Waals surface area contributed by atoms with E-state index in [0.717, 1.165) is 15.2 Å². The molecule has 1 aromatic carbocycles. The van der Waals surface area contributed by atoms with E-state index >= 15 is 0 Å². The van der Waals surface area contributed by atoms with Gasteiger partial charge in [0, 0.05) is 21.8 Å². The smallest absolute Gasteiger partial charge is 0.0931 e. The molecule has 17 heavy (non-hydrogen) atoms. The summed E-state index contributed by atoms with van der Waals surface area (Å²) in [6.07, 6.45) is 0.828. The van der Waals surface area contributed by atoms with Crippen LogP contribution >= 0.6 is 38.9 Å². The van der Waals surface area contributed by atoms with E-state index in [0.29, 0.717) is 0 Å². The Labute approximate surface area is 119 Å². The van der Waals surface area contributed by atoms with Crippen LogP contribution in [0.5, 0.6) is 0 Å². The monoisotopic (exact) mass is 329 g/mol. The summed E-state index contributed by atoms with van der Waals surface area (Å²) in [5, 5.41) is 0. The Kier molecular flexibility index (Phi) is 4.26. The van der Waals surface area contributed by atoms with Crippen molar-refractivity contribution >= 4 is 38.9 Å². The van der Waals surface area contributed by atoms with E-state index in [1.807, 2.05) is 24.3 Å². The highest BCUT2D eigenvalue weighted by atomic mass is 79.9. The third-order valence-corrected chi connectivity index (χ3v) is 4.87. The highest BCUT2D eigenvalue weighted by Crippen LogP contribution is 2.28. The normalized spacial score (nSPS) is 12.7. The topological polar surface area (TPSA) is 26.0 Å². The van der Waals surface area contributed by atoms with Crippen LogP contribution in [0.15, 0.2) is 34.8 Å². The highest BCUT2D eigenvalue weighted by Gasteiger charge is 2.12. The summed E-state index contributed by atoms with van der Waals surface area (Å²) in [5.74, 6) is 0. The van der Waals surface area contributed by atoms with Gasteiger partial charge in [0.05, 0.1) is 4.34 Å². The molecule has 0 fully saturated rings. The van der Waals surface area contributed by atoms with Crippen LogP contribution in [0.3, 0.4) is 0 Å². The first-order valence-corrected chi connectivity index (χ1v) is 7.31. The molecule has 1 unspecified atom stereocenters. The van der Waals surface area contributed by atoms with Gasteiger partial charge in [-0.1, -0.05) is 39.7 Å². The van der Waals surface area contributed by atoms with Gasteiger partial charge < -0.3 is 5.73 Å². The summed E-state index contributed by atoms with van der Waals surface area (Å²) in [4.78, 5) is 1.22. The van der Waals surface area contributed by atoms with Crippen LogP contribution in [0, 0.1) is 6.92 Å². The van der Waals surface area contributed by atoms with E-state index in [4.69, 9.17) is 17.3 Å². The zero-order chi connectivity index (χ0) is 12.4. The molecule has 2 aromatic rings. The lowest BCUT2D eigenvalue weighted by Crippen LogP contribution is -2.14. The first kappa shape index (κ1) is 13.1. The number of hydrogen-bond donors (Lipinski definition) is 1. The summed E-state index contributed by atoms with van der Waals surface area (Å²) >= 11 is 11.0. The Hall–Kier alpha value is -0.350. The fraction of sp³-hybridized carbons (Fsp3) is 0.231. The van der Waals surface area contributed by atoms with Gasteiger partial charge in [0.1, 0.15) is 0 Å². The second kappa shape index (κ2) is 5.53. The Bertz CT molecular complexity index is 524. The molecule has 0 aliphatic rings. The standard InChI is InChI=1S/C13H13BrClNS/c1-8-10(3-2-4-11(8)14)12(16)7-9-5-6-13(15)17-9/h2-6,12H,7,16H2,1H3. The van der Waals surface area contributed by atoms with E-state index < -0.39 is 0 Å². The lowest BCUT2D eigenvalue weighted by atomic mass is 9.99. The predicted molar refractivity (Wildman–Crippen MR) is 78.8 cm³/mol. The molecule has 0 spiro atoms. The average Bonchev–Trinajstić information content (AvgIpc) is 2.68. The summed E-state index contributed by atoms with van der Waals surface area (Å²) in [7, 11) is 0. The van der Waals surface area contributed by atoms with Crippen LogP contribution in [0.4, 0.5) is 0 Å². The van der Waals surface area contributed by atoms with Gasteiger partial charge >= 0.3 is 0 Å². The molecule has 0 radical (unpaired) electrons. The molecule has 2 N–H and O–H groups in total. The molecule has 1 nitrogen and oxygen atoms in total. The Morgan fingerprint density at radius 3 is 2.76 bits per heavy atom. The van der Waals surface area contributed by atoms with Crippen LogP contribution in [0.2, 0.25) is 4.34 Å². The fourth-order valence-electron chi connectivity index (χ4n) is 1.81. The molecule has 0 saturated heterocycles. The Morgan fingerprint density at radius 2 is 2.12 bits per heavy atom. The van der Waals surface area contributed by atoms with E-state index in [1.54, 1.807) is 11.3 Å². The van der Waals surface area contributed by atoms with Gasteiger partial charge in [0.15, 0.2) is 0 Å². The summed E-state index contributed by atoms with van der Waals surface area (Å²) in [6, 6.07) is 10.1. The third kappa shape index (κ3) is 3.10. The molecule has 0 aliphatic heterocycles. The Morgan fingerprint density at radius 1 is 1.35 bits per heavy atom. The number of rotatable bonds is 3. The van der Waals surface area contributed by atoms with Crippen molar-refractivity contribution in [1.82, 2.24) is 0 Å². The molecule has 0 aliphatic carbocycles. The van der Waals surface area contributed by atoms with Gasteiger partial charge in [-0.15, -0.1) is 11.3 Å². The summed E-state index contributed by atoms with van der Waals surface area (Å²) in [5.41, 5.74) is 8.64. The van der Waals surface area contributed by atoms with Gasteiger partial charge in [0.25, 0.3) is 0 Å². The van der Waals surface area contributed by atoms with Crippen molar-refractivity contribution in [2.24, 2.45) is 5.73 Å². The zero-order valence-corrected chi connectivity index (χ0v) is 12.6. The minimum Gasteiger partial charge on any atom is -0.324 e. The van der Waals surface area contributed by atoms with Crippen molar-refractivity contribution in [2.75, 3.05) is 0 Å². The Balaban J connectivity index is 2.20. The van der Waals surface area contributed by atoms with Crippen molar-refractivity contribution in [3.63, 3.8) is 0 Å². The number of hydrogen-bond acceptors (Lipinski definition) is 2. The lowest BCUT2D eigenvalue weighted by Gasteiger charge is -2.14. The lowest BCUT2D eigenvalue weighted by molar-refractivity contribution is 0.724. The fourth-order valence-corrected chi connectivity index (χ4v) is 3.34. The summed E-state index contributed by atoms with van der Waals surface area (Å²) < 4.78 is 1.92. The maximum Gasteiger partial charge on any atom is 0.0931 e. The van der Waals surface area contributed by atoms with Crippen molar-refractivity contribution in [2.45, 2.75) is 19.4 Å². The molecular formula is C13H13BrClNS. The molecule has 1 aromatic heterocycles. The summed E-state index contributed by atoms with van der Waals surface area (Å²) in [6.45, 7) is 2.08. The quantitative estimate of drug-likeness (QED) is 0.866. The van der Waals surface area contributed by atoms with Crippen LogP contribution in [0.1, 0.15) is 22.0 Å². The molecule has 90 valence electrons. The minimum atomic E-state index is 0.0159. The van der Waals surface area contributed by atoms with Crippen LogP contribution < -0.4 is 5.73 Å². The maximum absolute atomic E-state index is 6.25. The minimum absolute atomic E-state index is 0.0159. The SMILES string of the molecule is Cc1c(Br)cccc1C(N)Cc1ccc(Cl)s1. The third-order valence-electron chi connectivity index (χ3n) is 2.76. The molecule has 0 bridgehead atoms. The van der Waals surface area contributed by atoms with Gasteiger partial charge in [-0.3, -0.25) is 0 Å². The van der Waals surface area contributed by atoms with Crippen molar-refractivity contribution in [3.05, 3.63) is 55.1 Å². The zero-order valence-electron chi connectivity index (χ0n) is 9.41. The number of benzene rings is 1. The first-order valence-electron chi connectivity index (χ1n) is 5.32. The van der Waals surface area contributed by atoms with E-state index in [-0.39, 0.29) is 6.04 Å². The number of nitrogens with two attached hydrogens (primary N) is 1. The van der Waals surface area contributed by atoms with E-state index in [2.05, 4.69) is 28.9 Å². The molecule has 1 atom stereocenters. The molecule has 2 rings (SSSR count). The van der Waals surface area contributed by atoms with Gasteiger partial charge in [-0.05, 0) is 36.2 Å². The molecule has 4 heteroatoms. The number of thiophene rings is 1. The molecule has 0 amide bonds. The molecular weight excluding hydrogens is 318 g/mol. The average molecular weight is 331 g/mol. The van der Waals surface area contributed by atoms with Crippen LogP contribution in [-0.4, -0.2) is 0 Å². The second-order valence-corrected chi connectivity index (χ2v) is 6.62. The largest absolute Gasteiger partial charge is 0.324 e. The van der Waals surface area contributed by atoms with Gasteiger partial charge in [-0.2, -0.15) is 0 Å².